The topological polar surface area (TPSA) is 60.8 Å². The Bertz CT molecular complexity index is 1060. The molecule has 1 aliphatic rings. The SMILES string of the molecule is Cc1cc(C2(c3cc(C)c(O)c(C)c3)C(=O)N(C)c3ccccc32)cc(C)c1O. The van der Waals surface area contributed by atoms with E-state index in [1.54, 1.807) is 11.9 Å². The Labute approximate surface area is 171 Å². The van der Waals surface area contributed by atoms with Crippen LogP contribution in [0.25, 0.3) is 0 Å². The second-order valence-electron chi connectivity index (χ2n) is 8.05. The largest absolute Gasteiger partial charge is 0.507 e. The van der Waals surface area contributed by atoms with Crippen molar-refractivity contribution in [2.75, 3.05) is 11.9 Å². The molecule has 2 N–H and O–H groups in total. The second kappa shape index (κ2) is 6.38. The number of amides is 1. The van der Waals surface area contributed by atoms with Crippen LogP contribution in [0.15, 0.2) is 48.5 Å². The van der Waals surface area contributed by atoms with Crippen molar-refractivity contribution >= 4 is 11.6 Å². The summed E-state index contributed by atoms with van der Waals surface area (Å²) in [6, 6.07) is 15.4. The van der Waals surface area contributed by atoms with Crippen LogP contribution < -0.4 is 4.90 Å². The molecule has 0 aliphatic carbocycles. The average Bonchev–Trinajstić information content (AvgIpc) is 2.92. The van der Waals surface area contributed by atoms with Crippen molar-refractivity contribution in [3.8, 4) is 11.5 Å². The third kappa shape index (κ3) is 2.48. The van der Waals surface area contributed by atoms with Gasteiger partial charge in [-0.15, -0.1) is 0 Å². The van der Waals surface area contributed by atoms with Crippen molar-refractivity contribution in [1.29, 1.82) is 0 Å². The molecular formula is C25H25NO3. The molecule has 148 valence electrons. The normalized spacial score (nSPS) is 14.9. The molecule has 4 rings (SSSR count). The molecule has 3 aromatic rings. The van der Waals surface area contributed by atoms with E-state index in [4.69, 9.17) is 0 Å². The Hall–Kier alpha value is -3.27. The van der Waals surface area contributed by atoms with E-state index in [9.17, 15) is 15.0 Å². The van der Waals surface area contributed by atoms with Gasteiger partial charge < -0.3 is 15.1 Å². The number of para-hydroxylation sites is 1. The smallest absolute Gasteiger partial charge is 0.246 e. The van der Waals surface area contributed by atoms with E-state index in [1.807, 2.05) is 76.2 Å². The molecule has 0 atom stereocenters. The molecule has 0 spiro atoms. The van der Waals surface area contributed by atoms with Gasteiger partial charge in [0, 0.05) is 18.3 Å². The minimum absolute atomic E-state index is 0.0484. The molecule has 0 unspecified atom stereocenters. The van der Waals surface area contributed by atoms with Crippen molar-refractivity contribution in [2.45, 2.75) is 33.1 Å². The number of benzene rings is 3. The Morgan fingerprint density at radius 2 is 1.17 bits per heavy atom. The number of fused-ring (bicyclic) bond motifs is 1. The van der Waals surface area contributed by atoms with Gasteiger partial charge in [0.2, 0.25) is 5.91 Å². The highest BCUT2D eigenvalue weighted by atomic mass is 16.3. The monoisotopic (exact) mass is 387 g/mol. The lowest BCUT2D eigenvalue weighted by molar-refractivity contribution is -0.120. The van der Waals surface area contributed by atoms with Crippen LogP contribution >= 0.6 is 0 Å². The van der Waals surface area contributed by atoms with E-state index in [0.29, 0.717) is 0 Å². The van der Waals surface area contributed by atoms with Gasteiger partial charge in [-0.25, -0.2) is 0 Å². The van der Waals surface area contributed by atoms with E-state index < -0.39 is 5.41 Å². The molecule has 0 fully saturated rings. The predicted octanol–water partition coefficient (Wildman–Crippen LogP) is 4.64. The highest BCUT2D eigenvalue weighted by Gasteiger charge is 2.52. The molecule has 3 aromatic carbocycles. The van der Waals surface area contributed by atoms with Crippen LogP contribution in [0.1, 0.15) is 38.9 Å². The Morgan fingerprint density at radius 1 is 0.759 bits per heavy atom. The average molecular weight is 387 g/mol. The Balaban J connectivity index is 2.17. The summed E-state index contributed by atoms with van der Waals surface area (Å²) in [6.07, 6.45) is 0. The van der Waals surface area contributed by atoms with Gasteiger partial charge in [-0.3, -0.25) is 4.79 Å². The number of hydrogen-bond donors (Lipinski definition) is 2. The number of carbonyl (C=O) groups is 1. The Morgan fingerprint density at radius 3 is 1.62 bits per heavy atom. The first-order chi connectivity index (χ1) is 13.7. The quantitative estimate of drug-likeness (QED) is 0.673. The van der Waals surface area contributed by atoms with Gasteiger partial charge in [0.05, 0.1) is 0 Å². The van der Waals surface area contributed by atoms with E-state index in [-0.39, 0.29) is 17.4 Å². The van der Waals surface area contributed by atoms with Crippen LogP contribution in [-0.2, 0) is 10.2 Å². The zero-order valence-electron chi connectivity index (χ0n) is 17.4. The lowest BCUT2D eigenvalue weighted by Crippen LogP contribution is -2.41. The van der Waals surface area contributed by atoms with Crippen molar-refractivity contribution in [3.63, 3.8) is 0 Å². The predicted molar refractivity (Wildman–Crippen MR) is 115 cm³/mol. The zero-order valence-corrected chi connectivity index (χ0v) is 17.4. The number of aromatic hydroxyl groups is 2. The second-order valence-corrected chi connectivity index (χ2v) is 8.05. The first kappa shape index (κ1) is 19.1. The minimum Gasteiger partial charge on any atom is -0.507 e. The lowest BCUT2D eigenvalue weighted by atomic mass is 9.69. The fourth-order valence-electron chi connectivity index (χ4n) is 4.63. The molecule has 1 aliphatic heterocycles. The summed E-state index contributed by atoms with van der Waals surface area (Å²) in [5.74, 6) is 0.441. The third-order valence-corrected chi connectivity index (χ3v) is 6.14. The van der Waals surface area contributed by atoms with E-state index in [0.717, 1.165) is 44.6 Å². The molecule has 1 amide bonds. The van der Waals surface area contributed by atoms with Gasteiger partial charge in [-0.1, -0.05) is 42.5 Å². The summed E-state index contributed by atoms with van der Waals surface area (Å²) in [6.45, 7) is 7.40. The van der Waals surface area contributed by atoms with Crippen molar-refractivity contribution in [3.05, 3.63) is 87.5 Å². The molecule has 4 nitrogen and oxygen atoms in total. The van der Waals surface area contributed by atoms with Gasteiger partial charge in [0.25, 0.3) is 0 Å². The van der Waals surface area contributed by atoms with Crippen LogP contribution in [0.3, 0.4) is 0 Å². The van der Waals surface area contributed by atoms with Crippen LogP contribution in [-0.4, -0.2) is 23.2 Å². The van der Waals surface area contributed by atoms with E-state index in [2.05, 4.69) is 0 Å². The van der Waals surface area contributed by atoms with Crippen molar-refractivity contribution < 1.29 is 15.0 Å². The molecule has 0 aromatic heterocycles. The first-order valence-corrected chi connectivity index (χ1v) is 9.68. The molecule has 0 saturated carbocycles. The van der Waals surface area contributed by atoms with E-state index >= 15 is 0 Å². The fourth-order valence-corrected chi connectivity index (χ4v) is 4.63. The van der Waals surface area contributed by atoms with Crippen LogP contribution in [0, 0.1) is 27.7 Å². The highest BCUT2D eigenvalue weighted by Crippen LogP contribution is 2.51. The number of aryl methyl sites for hydroxylation is 4. The molecule has 1 heterocycles. The summed E-state index contributed by atoms with van der Waals surface area (Å²) < 4.78 is 0. The van der Waals surface area contributed by atoms with Crippen molar-refractivity contribution in [2.24, 2.45) is 0 Å². The molecular weight excluding hydrogens is 362 g/mol. The van der Waals surface area contributed by atoms with Gasteiger partial charge in [0.1, 0.15) is 16.9 Å². The van der Waals surface area contributed by atoms with Gasteiger partial charge in [-0.05, 0) is 67.1 Å². The maximum Gasteiger partial charge on any atom is 0.246 e. The molecule has 29 heavy (non-hydrogen) atoms. The maximum atomic E-state index is 13.9. The maximum absolute atomic E-state index is 13.9. The standard InChI is InChI=1S/C25H25NO3/c1-14-10-18(11-15(2)22(14)27)25(19-12-16(3)23(28)17(4)13-19)20-8-6-7-9-21(20)26(5)24(25)29/h6-13,27-28H,1-5H3. The first-order valence-electron chi connectivity index (χ1n) is 9.68. The van der Waals surface area contributed by atoms with E-state index in [1.165, 1.54) is 0 Å². The van der Waals surface area contributed by atoms with Gasteiger partial charge >= 0.3 is 0 Å². The van der Waals surface area contributed by atoms with Crippen LogP contribution in [0.5, 0.6) is 11.5 Å². The molecule has 0 radical (unpaired) electrons. The third-order valence-electron chi connectivity index (χ3n) is 6.14. The number of phenols is 2. The number of nitrogens with zero attached hydrogens (tertiary/aromatic N) is 1. The summed E-state index contributed by atoms with van der Waals surface area (Å²) in [7, 11) is 1.79. The summed E-state index contributed by atoms with van der Waals surface area (Å²) >= 11 is 0. The van der Waals surface area contributed by atoms with Gasteiger partial charge in [0.15, 0.2) is 0 Å². The highest BCUT2D eigenvalue weighted by molar-refractivity contribution is 6.12. The Kier molecular flexibility index (Phi) is 4.19. The van der Waals surface area contributed by atoms with Crippen molar-refractivity contribution in [1.82, 2.24) is 0 Å². The molecule has 0 bridgehead atoms. The number of likely N-dealkylation sites (N-methyl/N-ethyl adjacent to an activating group) is 1. The summed E-state index contributed by atoms with van der Waals surface area (Å²) in [4.78, 5) is 15.6. The number of rotatable bonds is 2. The lowest BCUT2D eigenvalue weighted by Gasteiger charge is -2.31. The zero-order chi connectivity index (χ0) is 21.1. The van der Waals surface area contributed by atoms with Crippen LogP contribution in [0.2, 0.25) is 0 Å². The molecule has 4 heteroatoms. The number of carbonyl (C=O) groups excluding carboxylic acids is 1. The molecule has 0 saturated heterocycles. The summed E-state index contributed by atoms with van der Waals surface area (Å²) in [5, 5.41) is 20.7. The van der Waals surface area contributed by atoms with Gasteiger partial charge in [-0.2, -0.15) is 0 Å². The number of anilines is 1. The number of hydrogen-bond acceptors (Lipinski definition) is 3. The summed E-state index contributed by atoms with van der Waals surface area (Å²) in [5.41, 5.74) is 5.27. The van der Waals surface area contributed by atoms with Crippen LogP contribution in [0.4, 0.5) is 5.69 Å². The minimum atomic E-state index is -1.04. The number of phenolic OH excluding ortho intramolecular Hbond substituents is 2. The fraction of sp³-hybridized carbons (Fsp3) is 0.240.